The number of hydrogen-bond acceptors (Lipinski definition) is 3. The molecule has 98 valence electrons. The Morgan fingerprint density at radius 2 is 2.22 bits per heavy atom. The van der Waals surface area contributed by atoms with E-state index in [9.17, 15) is 4.79 Å². The van der Waals surface area contributed by atoms with Crippen molar-refractivity contribution in [3.8, 4) is 0 Å². The van der Waals surface area contributed by atoms with E-state index in [0.717, 1.165) is 39.0 Å². The zero-order valence-corrected chi connectivity index (χ0v) is 10.9. The van der Waals surface area contributed by atoms with Gasteiger partial charge in [0.25, 0.3) is 5.91 Å². The van der Waals surface area contributed by atoms with Crippen LogP contribution in [0.1, 0.15) is 30.3 Å². The number of likely N-dealkylation sites (tertiary alicyclic amines) is 1. The Labute approximate surface area is 108 Å². The van der Waals surface area contributed by atoms with Crippen molar-refractivity contribution in [2.24, 2.45) is 5.92 Å². The van der Waals surface area contributed by atoms with Gasteiger partial charge in [-0.2, -0.15) is 0 Å². The summed E-state index contributed by atoms with van der Waals surface area (Å²) in [6.07, 6.45) is 3.85. The first kappa shape index (κ1) is 13.0. The SMILES string of the molecule is CCNCC1CCN(C(=O)c2ccccn2)CC1. The number of carbonyl (C=O) groups is 1. The van der Waals surface area contributed by atoms with Crippen molar-refractivity contribution in [3.63, 3.8) is 0 Å². The molecule has 0 bridgehead atoms. The molecule has 0 unspecified atom stereocenters. The molecule has 1 amide bonds. The van der Waals surface area contributed by atoms with Crippen LogP contribution < -0.4 is 5.32 Å². The number of amides is 1. The van der Waals surface area contributed by atoms with Crippen LogP contribution in [0.25, 0.3) is 0 Å². The monoisotopic (exact) mass is 247 g/mol. The minimum Gasteiger partial charge on any atom is -0.337 e. The van der Waals surface area contributed by atoms with Crippen molar-refractivity contribution in [2.45, 2.75) is 19.8 Å². The smallest absolute Gasteiger partial charge is 0.272 e. The Morgan fingerprint density at radius 3 is 2.83 bits per heavy atom. The quantitative estimate of drug-likeness (QED) is 0.878. The van der Waals surface area contributed by atoms with Crippen LogP contribution >= 0.6 is 0 Å². The van der Waals surface area contributed by atoms with Crippen molar-refractivity contribution >= 4 is 5.91 Å². The molecule has 18 heavy (non-hydrogen) atoms. The average Bonchev–Trinajstić information content (AvgIpc) is 2.46. The molecule has 0 spiro atoms. The molecule has 0 aliphatic carbocycles. The molecule has 2 rings (SSSR count). The molecule has 1 saturated heterocycles. The molecule has 0 atom stereocenters. The van der Waals surface area contributed by atoms with Gasteiger partial charge in [0.15, 0.2) is 0 Å². The summed E-state index contributed by atoms with van der Waals surface area (Å²) in [6, 6.07) is 5.48. The number of nitrogens with zero attached hydrogens (tertiary/aromatic N) is 2. The molecule has 0 radical (unpaired) electrons. The van der Waals surface area contributed by atoms with Crippen LogP contribution in [0.2, 0.25) is 0 Å². The van der Waals surface area contributed by atoms with Gasteiger partial charge in [0.1, 0.15) is 5.69 Å². The third kappa shape index (κ3) is 3.29. The highest BCUT2D eigenvalue weighted by Crippen LogP contribution is 2.17. The largest absolute Gasteiger partial charge is 0.337 e. The Balaban J connectivity index is 1.84. The molecule has 0 saturated carbocycles. The molecule has 1 aliphatic heterocycles. The van der Waals surface area contributed by atoms with Crippen LogP contribution in [0.3, 0.4) is 0 Å². The van der Waals surface area contributed by atoms with Gasteiger partial charge in [-0.25, -0.2) is 0 Å². The summed E-state index contributed by atoms with van der Waals surface area (Å²) < 4.78 is 0. The van der Waals surface area contributed by atoms with Crippen molar-refractivity contribution in [1.82, 2.24) is 15.2 Å². The molecular formula is C14H21N3O. The van der Waals surface area contributed by atoms with Gasteiger partial charge in [-0.15, -0.1) is 0 Å². The van der Waals surface area contributed by atoms with Gasteiger partial charge < -0.3 is 10.2 Å². The highest BCUT2D eigenvalue weighted by molar-refractivity contribution is 5.92. The Kier molecular flexibility index (Phi) is 4.70. The minimum atomic E-state index is 0.0671. The standard InChI is InChI=1S/C14H21N3O/c1-2-15-11-12-6-9-17(10-7-12)14(18)13-5-3-4-8-16-13/h3-5,8,12,15H,2,6-7,9-11H2,1H3. The molecule has 1 aromatic rings. The summed E-state index contributed by atoms with van der Waals surface area (Å²) in [6.45, 7) is 5.92. The topological polar surface area (TPSA) is 45.2 Å². The highest BCUT2D eigenvalue weighted by atomic mass is 16.2. The van der Waals surface area contributed by atoms with E-state index in [1.54, 1.807) is 12.3 Å². The van der Waals surface area contributed by atoms with E-state index >= 15 is 0 Å². The van der Waals surface area contributed by atoms with Crippen molar-refractivity contribution < 1.29 is 4.79 Å². The lowest BCUT2D eigenvalue weighted by molar-refractivity contribution is 0.0684. The Bertz CT molecular complexity index is 372. The number of carbonyl (C=O) groups excluding carboxylic acids is 1. The zero-order valence-electron chi connectivity index (χ0n) is 10.9. The lowest BCUT2D eigenvalue weighted by atomic mass is 9.96. The van der Waals surface area contributed by atoms with E-state index in [2.05, 4.69) is 17.2 Å². The van der Waals surface area contributed by atoms with E-state index in [1.165, 1.54) is 0 Å². The maximum Gasteiger partial charge on any atom is 0.272 e. The average molecular weight is 247 g/mol. The van der Waals surface area contributed by atoms with Crippen LogP contribution in [-0.2, 0) is 0 Å². The maximum absolute atomic E-state index is 12.2. The predicted molar refractivity (Wildman–Crippen MR) is 71.4 cm³/mol. The summed E-state index contributed by atoms with van der Waals surface area (Å²) in [5.74, 6) is 0.773. The highest BCUT2D eigenvalue weighted by Gasteiger charge is 2.23. The van der Waals surface area contributed by atoms with Crippen molar-refractivity contribution in [1.29, 1.82) is 0 Å². The summed E-state index contributed by atoms with van der Waals surface area (Å²) in [5, 5.41) is 3.38. The molecular weight excluding hydrogens is 226 g/mol. The third-order valence-corrected chi connectivity index (χ3v) is 3.47. The number of hydrogen-bond donors (Lipinski definition) is 1. The Morgan fingerprint density at radius 1 is 1.44 bits per heavy atom. The van der Waals surface area contributed by atoms with Crippen molar-refractivity contribution in [3.05, 3.63) is 30.1 Å². The van der Waals surface area contributed by atoms with Gasteiger partial charge in [0, 0.05) is 19.3 Å². The minimum absolute atomic E-state index is 0.0671. The number of rotatable bonds is 4. The number of nitrogens with one attached hydrogen (secondary N) is 1. The Hall–Kier alpha value is -1.42. The predicted octanol–water partition coefficient (Wildman–Crippen LogP) is 1.54. The number of pyridine rings is 1. The number of piperidine rings is 1. The van der Waals surface area contributed by atoms with E-state index < -0.39 is 0 Å². The summed E-state index contributed by atoms with van der Waals surface area (Å²) in [5.41, 5.74) is 0.558. The molecule has 0 aromatic carbocycles. The van der Waals surface area contributed by atoms with E-state index in [4.69, 9.17) is 0 Å². The van der Waals surface area contributed by atoms with Crippen LogP contribution in [0.5, 0.6) is 0 Å². The van der Waals surface area contributed by atoms with E-state index in [0.29, 0.717) is 11.6 Å². The van der Waals surface area contributed by atoms with Crippen LogP contribution in [0.15, 0.2) is 24.4 Å². The van der Waals surface area contributed by atoms with Crippen LogP contribution in [0.4, 0.5) is 0 Å². The fourth-order valence-electron chi connectivity index (χ4n) is 2.34. The first-order valence-electron chi connectivity index (χ1n) is 6.72. The van der Waals surface area contributed by atoms with Gasteiger partial charge in [0.05, 0.1) is 0 Å². The van der Waals surface area contributed by atoms with Gasteiger partial charge in [0.2, 0.25) is 0 Å². The van der Waals surface area contributed by atoms with Crippen LogP contribution in [-0.4, -0.2) is 42.0 Å². The second-order valence-electron chi connectivity index (χ2n) is 4.76. The molecule has 1 aliphatic rings. The number of aromatic nitrogens is 1. The third-order valence-electron chi connectivity index (χ3n) is 3.47. The molecule has 4 nitrogen and oxygen atoms in total. The molecule has 2 heterocycles. The van der Waals surface area contributed by atoms with E-state index in [-0.39, 0.29) is 5.91 Å². The normalized spacial score (nSPS) is 16.8. The van der Waals surface area contributed by atoms with Crippen LogP contribution in [0, 0.1) is 5.92 Å². The van der Waals surface area contributed by atoms with E-state index in [1.807, 2.05) is 17.0 Å². The zero-order chi connectivity index (χ0) is 12.8. The molecule has 4 heteroatoms. The lowest BCUT2D eigenvalue weighted by Gasteiger charge is -2.31. The molecule has 1 aromatic heterocycles. The maximum atomic E-state index is 12.2. The summed E-state index contributed by atoms with van der Waals surface area (Å²) >= 11 is 0. The second kappa shape index (κ2) is 6.50. The van der Waals surface area contributed by atoms with Gasteiger partial charge in [-0.3, -0.25) is 9.78 Å². The van der Waals surface area contributed by atoms with Gasteiger partial charge >= 0.3 is 0 Å². The van der Waals surface area contributed by atoms with Crippen molar-refractivity contribution in [2.75, 3.05) is 26.2 Å². The summed E-state index contributed by atoms with van der Waals surface area (Å²) in [7, 11) is 0. The fraction of sp³-hybridized carbons (Fsp3) is 0.571. The molecule has 1 fully saturated rings. The lowest BCUT2D eigenvalue weighted by Crippen LogP contribution is -2.41. The van der Waals surface area contributed by atoms with Gasteiger partial charge in [-0.05, 0) is 44.0 Å². The molecule has 1 N–H and O–H groups in total. The summed E-state index contributed by atoms with van der Waals surface area (Å²) in [4.78, 5) is 18.2. The van der Waals surface area contributed by atoms with Gasteiger partial charge in [-0.1, -0.05) is 13.0 Å². The fourth-order valence-corrected chi connectivity index (χ4v) is 2.34. The second-order valence-corrected chi connectivity index (χ2v) is 4.76. The first-order chi connectivity index (χ1) is 8.81. The first-order valence-corrected chi connectivity index (χ1v) is 6.72.